The molecular formula is C27H29N5O4. The van der Waals surface area contributed by atoms with Gasteiger partial charge >= 0.3 is 0 Å². The van der Waals surface area contributed by atoms with E-state index in [0.29, 0.717) is 35.7 Å². The fraction of sp³-hybridized carbons (Fsp3) is 0.259. The summed E-state index contributed by atoms with van der Waals surface area (Å²) in [5, 5.41) is 11.2. The number of nitrogens with zero attached hydrogens (tertiary/aromatic N) is 4. The molecule has 186 valence electrons. The van der Waals surface area contributed by atoms with Crippen molar-refractivity contribution in [2.24, 2.45) is 0 Å². The minimum absolute atomic E-state index is 0.0908. The van der Waals surface area contributed by atoms with Crippen molar-refractivity contribution in [2.75, 3.05) is 32.3 Å². The molecular weight excluding hydrogens is 458 g/mol. The maximum absolute atomic E-state index is 13.9. The second-order valence-corrected chi connectivity index (χ2v) is 8.30. The lowest BCUT2D eigenvalue weighted by Gasteiger charge is -2.32. The van der Waals surface area contributed by atoms with Gasteiger partial charge in [-0.1, -0.05) is 41.6 Å². The van der Waals surface area contributed by atoms with Gasteiger partial charge < -0.3 is 14.8 Å². The summed E-state index contributed by atoms with van der Waals surface area (Å²) in [7, 11) is 3.15. The molecule has 9 nitrogen and oxygen atoms in total. The summed E-state index contributed by atoms with van der Waals surface area (Å²) in [6.45, 7) is 2.51. The predicted octanol–water partition coefficient (Wildman–Crippen LogP) is 3.29. The van der Waals surface area contributed by atoms with Crippen LogP contribution in [0.3, 0.4) is 0 Å². The fourth-order valence-corrected chi connectivity index (χ4v) is 4.03. The van der Waals surface area contributed by atoms with Gasteiger partial charge in [0.2, 0.25) is 11.8 Å². The molecule has 1 heterocycles. The Morgan fingerprint density at radius 3 is 2.53 bits per heavy atom. The van der Waals surface area contributed by atoms with Crippen molar-refractivity contribution in [3.8, 4) is 5.75 Å². The van der Waals surface area contributed by atoms with E-state index in [4.69, 9.17) is 9.47 Å². The number of rotatable bonds is 10. The number of amides is 2. The number of ether oxygens (including phenoxy) is 2. The van der Waals surface area contributed by atoms with Crippen molar-refractivity contribution in [3.05, 3.63) is 83.9 Å². The van der Waals surface area contributed by atoms with E-state index >= 15 is 0 Å². The monoisotopic (exact) mass is 487 g/mol. The second kappa shape index (κ2) is 11.5. The Bertz CT molecular complexity index is 1340. The number of aromatic nitrogens is 3. The number of anilines is 1. The summed E-state index contributed by atoms with van der Waals surface area (Å²) < 4.78 is 11.9. The van der Waals surface area contributed by atoms with Gasteiger partial charge in [-0.3, -0.25) is 14.5 Å². The smallest absolute Gasteiger partial charge is 0.249 e. The van der Waals surface area contributed by atoms with Crippen LogP contribution in [0.1, 0.15) is 17.2 Å². The molecule has 1 atom stereocenters. The van der Waals surface area contributed by atoms with E-state index in [1.54, 1.807) is 43.2 Å². The van der Waals surface area contributed by atoms with Crippen LogP contribution in [0.5, 0.6) is 5.75 Å². The lowest BCUT2D eigenvalue weighted by Crippen LogP contribution is -2.46. The Morgan fingerprint density at radius 2 is 1.81 bits per heavy atom. The normalized spacial score (nSPS) is 11.8. The number of hydrogen-bond donors (Lipinski definition) is 1. The van der Waals surface area contributed by atoms with Crippen molar-refractivity contribution in [2.45, 2.75) is 19.5 Å². The van der Waals surface area contributed by atoms with Crippen LogP contribution in [0.2, 0.25) is 0 Å². The zero-order valence-corrected chi connectivity index (χ0v) is 20.5. The van der Waals surface area contributed by atoms with Crippen LogP contribution in [0.15, 0.2) is 72.8 Å². The Labute approximate surface area is 209 Å². The SMILES string of the molecule is COCCNC(=O)[C@H](c1ccc(OC)cc1)N(C(=O)Cn1nnc2ccccc21)c1cccc(C)c1. The lowest BCUT2D eigenvalue weighted by atomic mass is 10.0. The third-order valence-electron chi connectivity index (χ3n) is 5.80. The first-order valence-corrected chi connectivity index (χ1v) is 11.6. The summed E-state index contributed by atoms with van der Waals surface area (Å²) >= 11 is 0. The lowest BCUT2D eigenvalue weighted by molar-refractivity contribution is -0.127. The van der Waals surface area contributed by atoms with E-state index in [-0.39, 0.29) is 18.4 Å². The summed E-state index contributed by atoms with van der Waals surface area (Å²) in [5.74, 6) is 0.0225. The summed E-state index contributed by atoms with van der Waals surface area (Å²) in [6, 6.07) is 21.1. The first kappa shape index (κ1) is 24.9. The molecule has 0 saturated heterocycles. The molecule has 0 radical (unpaired) electrons. The Morgan fingerprint density at radius 1 is 1.03 bits per heavy atom. The molecule has 1 N–H and O–H groups in total. The maximum Gasteiger partial charge on any atom is 0.249 e. The molecule has 0 spiro atoms. The number of hydrogen-bond acceptors (Lipinski definition) is 6. The van der Waals surface area contributed by atoms with E-state index in [1.165, 1.54) is 4.90 Å². The minimum atomic E-state index is -0.933. The maximum atomic E-state index is 13.9. The van der Waals surface area contributed by atoms with Crippen LogP contribution in [0.25, 0.3) is 11.0 Å². The average molecular weight is 488 g/mol. The zero-order chi connectivity index (χ0) is 25.5. The molecule has 0 unspecified atom stereocenters. The first-order chi connectivity index (χ1) is 17.5. The third-order valence-corrected chi connectivity index (χ3v) is 5.80. The topological polar surface area (TPSA) is 98.6 Å². The molecule has 0 bridgehead atoms. The standard InChI is InChI=1S/C27H29N5O4/c1-19-7-6-8-21(17-19)32(25(33)18-31-24-10-5-4-9-23(24)29-30-31)26(27(34)28-15-16-35-2)20-11-13-22(36-3)14-12-20/h4-14,17,26H,15-16,18H2,1-3H3,(H,28,34)/t26-/m0/s1. The molecule has 0 aliphatic heterocycles. The van der Waals surface area contributed by atoms with Gasteiger partial charge in [0, 0.05) is 19.3 Å². The number of carbonyl (C=O) groups excluding carboxylic acids is 2. The van der Waals surface area contributed by atoms with Gasteiger partial charge in [-0.05, 0) is 54.4 Å². The number of para-hydroxylation sites is 1. The molecule has 0 saturated carbocycles. The minimum Gasteiger partial charge on any atom is -0.497 e. The Hall–Kier alpha value is -4.24. The van der Waals surface area contributed by atoms with Crippen LogP contribution >= 0.6 is 0 Å². The van der Waals surface area contributed by atoms with Crippen LogP contribution in [-0.4, -0.2) is 54.2 Å². The van der Waals surface area contributed by atoms with E-state index in [2.05, 4.69) is 15.6 Å². The molecule has 2 amide bonds. The quantitative estimate of drug-likeness (QED) is 0.345. The zero-order valence-electron chi connectivity index (χ0n) is 20.5. The van der Waals surface area contributed by atoms with Crippen molar-refractivity contribution in [1.29, 1.82) is 0 Å². The molecule has 9 heteroatoms. The van der Waals surface area contributed by atoms with E-state index in [9.17, 15) is 9.59 Å². The summed E-state index contributed by atoms with van der Waals surface area (Å²) in [6.07, 6.45) is 0. The van der Waals surface area contributed by atoms with Crippen LogP contribution in [-0.2, 0) is 20.9 Å². The molecule has 3 aromatic carbocycles. The molecule has 36 heavy (non-hydrogen) atoms. The highest BCUT2D eigenvalue weighted by Gasteiger charge is 2.33. The van der Waals surface area contributed by atoms with Gasteiger partial charge in [0.1, 0.15) is 23.9 Å². The highest BCUT2D eigenvalue weighted by atomic mass is 16.5. The second-order valence-electron chi connectivity index (χ2n) is 8.30. The largest absolute Gasteiger partial charge is 0.497 e. The number of fused-ring (bicyclic) bond motifs is 1. The highest BCUT2D eigenvalue weighted by Crippen LogP contribution is 2.30. The molecule has 0 aliphatic rings. The number of carbonyl (C=O) groups is 2. The van der Waals surface area contributed by atoms with Crippen LogP contribution in [0, 0.1) is 6.92 Å². The number of benzene rings is 3. The van der Waals surface area contributed by atoms with Crippen LogP contribution < -0.4 is 15.0 Å². The number of methoxy groups -OCH3 is 2. The predicted molar refractivity (Wildman–Crippen MR) is 137 cm³/mol. The summed E-state index contributed by atoms with van der Waals surface area (Å²) in [4.78, 5) is 29.0. The molecule has 4 aromatic rings. The molecule has 0 aliphatic carbocycles. The van der Waals surface area contributed by atoms with Gasteiger partial charge in [-0.15, -0.1) is 5.10 Å². The molecule has 1 aromatic heterocycles. The first-order valence-electron chi connectivity index (χ1n) is 11.6. The Kier molecular flexibility index (Phi) is 7.92. The summed E-state index contributed by atoms with van der Waals surface area (Å²) in [5.41, 5.74) is 3.64. The molecule has 4 rings (SSSR count). The third kappa shape index (κ3) is 5.52. The van der Waals surface area contributed by atoms with E-state index in [1.807, 2.05) is 55.5 Å². The van der Waals surface area contributed by atoms with Crippen molar-refractivity contribution in [1.82, 2.24) is 20.3 Å². The van der Waals surface area contributed by atoms with Gasteiger partial charge in [0.15, 0.2) is 0 Å². The van der Waals surface area contributed by atoms with E-state index < -0.39 is 6.04 Å². The fourth-order valence-electron chi connectivity index (χ4n) is 4.03. The van der Waals surface area contributed by atoms with Gasteiger partial charge in [-0.25, -0.2) is 4.68 Å². The van der Waals surface area contributed by atoms with Crippen molar-refractivity contribution in [3.63, 3.8) is 0 Å². The van der Waals surface area contributed by atoms with Gasteiger partial charge in [0.25, 0.3) is 0 Å². The number of aryl methyl sites for hydroxylation is 1. The van der Waals surface area contributed by atoms with Gasteiger partial charge in [0.05, 0.1) is 19.2 Å². The highest BCUT2D eigenvalue weighted by molar-refractivity contribution is 6.01. The van der Waals surface area contributed by atoms with E-state index in [0.717, 1.165) is 11.1 Å². The molecule has 0 fully saturated rings. The average Bonchev–Trinajstić information content (AvgIpc) is 3.30. The Balaban J connectivity index is 1.77. The van der Waals surface area contributed by atoms with Crippen molar-refractivity contribution < 1.29 is 19.1 Å². The van der Waals surface area contributed by atoms with Crippen LogP contribution in [0.4, 0.5) is 5.69 Å². The van der Waals surface area contributed by atoms with Gasteiger partial charge in [-0.2, -0.15) is 0 Å². The number of nitrogens with one attached hydrogen (secondary N) is 1. The van der Waals surface area contributed by atoms with Crippen molar-refractivity contribution >= 4 is 28.5 Å².